The maximum absolute atomic E-state index is 12.7. The van der Waals surface area contributed by atoms with E-state index in [9.17, 15) is 10.1 Å². The minimum Gasteiger partial charge on any atom is -0.314 e. The van der Waals surface area contributed by atoms with Crippen molar-refractivity contribution in [1.82, 2.24) is 0 Å². The van der Waals surface area contributed by atoms with Gasteiger partial charge in [0.15, 0.2) is 0 Å². The van der Waals surface area contributed by atoms with Gasteiger partial charge in [0.1, 0.15) is 5.41 Å². The van der Waals surface area contributed by atoms with Gasteiger partial charge in [-0.05, 0) is 31.4 Å². The van der Waals surface area contributed by atoms with E-state index in [1.807, 2.05) is 31.2 Å². The number of nitriles is 1. The fourth-order valence-electron chi connectivity index (χ4n) is 2.90. The molecule has 3 nitrogen and oxygen atoms in total. The Balaban J connectivity index is 2.28. The van der Waals surface area contributed by atoms with Gasteiger partial charge in [-0.3, -0.25) is 4.79 Å². The maximum atomic E-state index is 12.7. The van der Waals surface area contributed by atoms with Gasteiger partial charge in [0.2, 0.25) is 5.91 Å². The van der Waals surface area contributed by atoms with E-state index in [4.69, 9.17) is 0 Å². The number of hydrogen-bond acceptors (Lipinski definition) is 2. The van der Waals surface area contributed by atoms with Crippen molar-refractivity contribution in [3.05, 3.63) is 29.8 Å². The van der Waals surface area contributed by atoms with Crippen LogP contribution < -0.4 is 4.90 Å². The highest BCUT2D eigenvalue weighted by Crippen LogP contribution is 2.38. The highest BCUT2D eigenvalue weighted by molar-refractivity contribution is 5.99. The second-order valence-electron chi connectivity index (χ2n) is 5.41. The van der Waals surface area contributed by atoms with E-state index in [1.165, 1.54) is 0 Å². The zero-order valence-electron chi connectivity index (χ0n) is 11.6. The summed E-state index contributed by atoms with van der Waals surface area (Å²) in [6.07, 6.45) is 4.46. The largest absolute Gasteiger partial charge is 0.314 e. The van der Waals surface area contributed by atoms with Gasteiger partial charge in [-0.15, -0.1) is 0 Å². The third-order valence-electron chi connectivity index (χ3n) is 4.11. The van der Waals surface area contributed by atoms with Crippen molar-refractivity contribution in [2.45, 2.75) is 39.0 Å². The fourth-order valence-corrected chi connectivity index (χ4v) is 2.90. The minimum absolute atomic E-state index is 0.0519. The summed E-state index contributed by atoms with van der Waals surface area (Å²) in [7, 11) is 1.78. The van der Waals surface area contributed by atoms with Crippen molar-refractivity contribution in [3.63, 3.8) is 0 Å². The van der Waals surface area contributed by atoms with Crippen molar-refractivity contribution in [2.75, 3.05) is 11.9 Å². The molecule has 0 spiro atoms. The molecule has 0 aromatic heterocycles. The number of carbonyl (C=O) groups excluding carboxylic acids is 1. The van der Waals surface area contributed by atoms with Crippen LogP contribution in [-0.4, -0.2) is 13.0 Å². The smallest absolute Gasteiger partial charge is 0.247 e. The molecule has 0 unspecified atom stereocenters. The van der Waals surface area contributed by atoms with Crippen LogP contribution in [0.5, 0.6) is 0 Å². The van der Waals surface area contributed by atoms with Crippen LogP contribution in [0, 0.1) is 23.7 Å². The number of para-hydroxylation sites is 1. The van der Waals surface area contributed by atoms with Gasteiger partial charge >= 0.3 is 0 Å². The van der Waals surface area contributed by atoms with Crippen molar-refractivity contribution in [3.8, 4) is 6.07 Å². The van der Waals surface area contributed by atoms with Crippen molar-refractivity contribution < 1.29 is 4.79 Å². The van der Waals surface area contributed by atoms with E-state index in [1.54, 1.807) is 11.9 Å². The Kier molecular flexibility index (Phi) is 3.90. The van der Waals surface area contributed by atoms with E-state index in [0.717, 1.165) is 30.5 Å². The molecular weight excluding hydrogens is 236 g/mol. The van der Waals surface area contributed by atoms with Crippen LogP contribution >= 0.6 is 0 Å². The molecule has 0 radical (unpaired) electrons. The first-order valence-corrected chi connectivity index (χ1v) is 6.86. The van der Waals surface area contributed by atoms with Gasteiger partial charge in [-0.1, -0.05) is 37.5 Å². The number of rotatable bonds is 2. The van der Waals surface area contributed by atoms with Crippen molar-refractivity contribution >= 4 is 11.6 Å². The summed E-state index contributed by atoms with van der Waals surface area (Å²) in [6, 6.07) is 10.1. The lowest BCUT2D eigenvalue weighted by Crippen LogP contribution is -2.42. The van der Waals surface area contributed by atoms with Crippen LogP contribution in [0.4, 0.5) is 5.69 Å². The van der Waals surface area contributed by atoms with E-state index in [0.29, 0.717) is 12.8 Å². The van der Waals surface area contributed by atoms with Crippen LogP contribution in [0.25, 0.3) is 0 Å². The molecule has 3 heteroatoms. The standard InChI is InChI=1S/C16H20N2O/c1-13-8-4-5-9-14(13)18(2)15(19)16(12-17)10-6-3-7-11-16/h4-5,8-9H,3,6-7,10-11H2,1-2H3. The topological polar surface area (TPSA) is 44.1 Å². The summed E-state index contributed by atoms with van der Waals surface area (Å²) < 4.78 is 0. The molecule has 0 heterocycles. The minimum atomic E-state index is -0.810. The lowest BCUT2D eigenvalue weighted by Gasteiger charge is -2.33. The molecule has 0 N–H and O–H groups in total. The van der Waals surface area contributed by atoms with Gasteiger partial charge < -0.3 is 4.90 Å². The van der Waals surface area contributed by atoms with Crippen LogP contribution in [-0.2, 0) is 4.79 Å². The molecule has 1 saturated carbocycles. The summed E-state index contributed by atoms with van der Waals surface area (Å²) in [6.45, 7) is 1.99. The molecule has 1 aliphatic rings. The predicted octanol–water partition coefficient (Wildman–Crippen LogP) is 3.43. The lowest BCUT2D eigenvalue weighted by molar-refractivity contribution is -0.126. The molecule has 1 amide bonds. The van der Waals surface area contributed by atoms with Gasteiger partial charge in [-0.2, -0.15) is 5.26 Å². The number of carbonyl (C=O) groups is 1. The van der Waals surface area contributed by atoms with Crippen molar-refractivity contribution in [2.24, 2.45) is 5.41 Å². The highest BCUT2D eigenvalue weighted by atomic mass is 16.2. The van der Waals surface area contributed by atoms with Crippen molar-refractivity contribution in [1.29, 1.82) is 5.26 Å². The first-order chi connectivity index (χ1) is 9.10. The molecular formula is C16H20N2O. The van der Waals surface area contributed by atoms with Crippen LogP contribution in [0.3, 0.4) is 0 Å². The Morgan fingerprint density at radius 2 is 1.89 bits per heavy atom. The normalized spacial score (nSPS) is 17.5. The second kappa shape index (κ2) is 5.44. The molecule has 100 valence electrons. The van der Waals surface area contributed by atoms with E-state index in [2.05, 4.69) is 6.07 Å². The van der Waals surface area contributed by atoms with E-state index >= 15 is 0 Å². The Morgan fingerprint density at radius 1 is 1.26 bits per heavy atom. The number of anilines is 1. The zero-order chi connectivity index (χ0) is 13.9. The monoisotopic (exact) mass is 256 g/mol. The fraction of sp³-hybridized carbons (Fsp3) is 0.500. The summed E-state index contributed by atoms with van der Waals surface area (Å²) in [5.41, 5.74) is 1.14. The molecule has 0 atom stereocenters. The SMILES string of the molecule is Cc1ccccc1N(C)C(=O)C1(C#N)CCCCC1. The quantitative estimate of drug-likeness (QED) is 0.813. The van der Waals surface area contributed by atoms with Crippen LogP contribution in [0.1, 0.15) is 37.7 Å². The summed E-state index contributed by atoms with van der Waals surface area (Å²) in [4.78, 5) is 14.4. The van der Waals surface area contributed by atoms with Gasteiger partial charge in [-0.25, -0.2) is 0 Å². The summed E-state index contributed by atoms with van der Waals surface area (Å²) in [5.74, 6) is -0.0519. The summed E-state index contributed by atoms with van der Waals surface area (Å²) >= 11 is 0. The average molecular weight is 256 g/mol. The third-order valence-corrected chi connectivity index (χ3v) is 4.11. The molecule has 1 aromatic rings. The molecule has 0 aliphatic heterocycles. The molecule has 0 bridgehead atoms. The first kappa shape index (κ1) is 13.6. The van der Waals surface area contributed by atoms with E-state index in [-0.39, 0.29) is 5.91 Å². The molecule has 2 rings (SSSR count). The number of aryl methyl sites for hydroxylation is 1. The molecule has 1 fully saturated rings. The van der Waals surface area contributed by atoms with Gasteiger partial charge in [0.05, 0.1) is 6.07 Å². The zero-order valence-corrected chi connectivity index (χ0v) is 11.6. The summed E-state index contributed by atoms with van der Waals surface area (Å²) in [5, 5.41) is 9.48. The van der Waals surface area contributed by atoms with Gasteiger partial charge in [0, 0.05) is 12.7 Å². The highest BCUT2D eigenvalue weighted by Gasteiger charge is 2.42. The Morgan fingerprint density at radius 3 is 2.47 bits per heavy atom. The molecule has 1 aliphatic carbocycles. The molecule has 0 saturated heterocycles. The lowest BCUT2D eigenvalue weighted by atomic mass is 9.74. The van der Waals surface area contributed by atoms with Gasteiger partial charge in [0.25, 0.3) is 0 Å². The Labute approximate surface area is 114 Å². The molecule has 19 heavy (non-hydrogen) atoms. The van der Waals surface area contributed by atoms with Crippen LogP contribution in [0.2, 0.25) is 0 Å². The Bertz CT molecular complexity index is 510. The average Bonchev–Trinajstić information content (AvgIpc) is 2.47. The second-order valence-corrected chi connectivity index (χ2v) is 5.41. The maximum Gasteiger partial charge on any atom is 0.247 e. The van der Waals surface area contributed by atoms with Crippen LogP contribution in [0.15, 0.2) is 24.3 Å². The number of benzene rings is 1. The predicted molar refractivity (Wildman–Crippen MR) is 75.7 cm³/mol. The number of hydrogen-bond donors (Lipinski definition) is 0. The first-order valence-electron chi connectivity index (χ1n) is 6.86. The molecule has 1 aromatic carbocycles. The third kappa shape index (κ3) is 2.49. The number of amides is 1. The van der Waals surface area contributed by atoms with E-state index < -0.39 is 5.41 Å². The Hall–Kier alpha value is -1.82. The number of nitrogens with zero attached hydrogens (tertiary/aromatic N) is 2.